The van der Waals surface area contributed by atoms with Crippen LogP contribution in [0.15, 0.2) is 11.6 Å². The number of carbonyl (C=O) groups is 1. The molecule has 0 aliphatic rings. The SMILES string of the molecule is CC(=CCCCCCCC(F)F)C(=O)O. The number of carboxylic acid groups (broad SMARTS) is 1. The van der Waals surface area contributed by atoms with E-state index in [-0.39, 0.29) is 6.42 Å². The van der Waals surface area contributed by atoms with Crippen molar-refractivity contribution in [3.05, 3.63) is 11.6 Å². The maximum Gasteiger partial charge on any atom is 0.330 e. The maximum absolute atomic E-state index is 11.7. The summed E-state index contributed by atoms with van der Waals surface area (Å²) in [4.78, 5) is 10.4. The Morgan fingerprint density at radius 2 is 1.87 bits per heavy atom. The van der Waals surface area contributed by atoms with E-state index in [1.165, 1.54) is 0 Å². The van der Waals surface area contributed by atoms with Crippen LogP contribution in [0.2, 0.25) is 0 Å². The number of halogens is 2. The molecule has 2 nitrogen and oxygen atoms in total. The molecule has 0 aromatic carbocycles. The van der Waals surface area contributed by atoms with Crippen molar-refractivity contribution in [1.29, 1.82) is 0 Å². The van der Waals surface area contributed by atoms with Crippen molar-refractivity contribution in [3.8, 4) is 0 Å². The Morgan fingerprint density at radius 1 is 1.27 bits per heavy atom. The molecule has 1 N–H and O–H groups in total. The molecule has 0 amide bonds. The van der Waals surface area contributed by atoms with Gasteiger partial charge in [0.1, 0.15) is 0 Å². The van der Waals surface area contributed by atoms with Crippen LogP contribution >= 0.6 is 0 Å². The number of hydrogen-bond acceptors (Lipinski definition) is 1. The Morgan fingerprint density at radius 3 is 2.40 bits per heavy atom. The molecular formula is C11H18F2O2. The molecule has 0 heterocycles. The average Bonchev–Trinajstić information content (AvgIpc) is 2.15. The molecule has 0 aromatic heterocycles. The molecule has 0 radical (unpaired) electrons. The van der Waals surface area contributed by atoms with E-state index in [9.17, 15) is 13.6 Å². The van der Waals surface area contributed by atoms with Crippen LogP contribution in [0.25, 0.3) is 0 Å². The zero-order valence-electron chi connectivity index (χ0n) is 9.01. The van der Waals surface area contributed by atoms with Crippen molar-refractivity contribution >= 4 is 5.97 Å². The van der Waals surface area contributed by atoms with E-state index < -0.39 is 12.4 Å². The largest absolute Gasteiger partial charge is 0.478 e. The van der Waals surface area contributed by atoms with Gasteiger partial charge in [0.25, 0.3) is 0 Å². The molecule has 0 atom stereocenters. The van der Waals surface area contributed by atoms with Crippen LogP contribution in [0.5, 0.6) is 0 Å². The highest BCUT2D eigenvalue weighted by molar-refractivity contribution is 5.85. The Kier molecular flexibility index (Phi) is 7.86. The summed E-state index contributed by atoms with van der Waals surface area (Å²) < 4.78 is 23.5. The van der Waals surface area contributed by atoms with Crippen molar-refractivity contribution in [2.75, 3.05) is 0 Å². The van der Waals surface area contributed by atoms with E-state index >= 15 is 0 Å². The van der Waals surface area contributed by atoms with Gasteiger partial charge in [0.15, 0.2) is 0 Å². The second kappa shape index (κ2) is 8.38. The van der Waals surface area contributed by atoms with Crippen LogP contribution < -0.4 is 0 Å². The molecule has 0 fully saturated rings. The zero-order chi connectivity index (χ0) is 11.7. The molecule has 0 aliphatic carbocycles. The minimum absolute atomic E-state index is 0.0238. The molecule has 15 heavy (non-hydrogen) atoms. The molecule has 0 unspecified atom stereocenters. The topological polar surface area (TPSA) is 37.3 Å². The molecule has 88 valence electrons. The lowest BCUT2D eigenvalue weighted by Crippen LogP contribution is -1.95. The number of aliphatic carboxylic acids is 1. The molecule has 0 aliphatic heterocycles. The van der Waals surface area contributed by atoms with Crippen LogP contribution in [0.1, 0.15) is 45.4 Å². The van der Waals surface area contributed by atoms with E-state index in [0.29, 0.717) is 18.4 Å². The fraction of sp³-hybridized carbons (Fsp3) is 0.727. The monoisotopic (exact) mass is 220 g/mol. The highest BCUT2D eigenvalue weighted by Crippen LogP contribution is 2.10. The lowest BCUT2D eigenvalue weighted by Gasteiger charge is -1.99. The van der Waals surface area contributed by atoms with Gasteiger partial charge in [-0.25, -0.2) is 13.6 Å². The summed E-state index contributed by atoms with van der Waals surface area (Å²) in [5, 5.41) is 8.53. The number of alkyl halides is 2. The van der Waals surface area contributed by atoms with Gasteiger partial charge >= 0.3 is 5.97 Å². The third kappa shape index (κ3) is 9.38. The van der Waals surface area contributed by atoms with Crippen LogP contribution in [-0.4, -0.2) is 17.5 Å². The predicted octanol–water partition coefficient (Wildman–Crippen LogP) is 3.62. The van der Waals surface area contributed by atoms with Gasteiger partial charge in [0.2, 0.25) is 6.43 Å². The van der Waals surface area contributed by atoms with E-state index in [2.05, 4.69) is 0 Å². The summed E-state index contributed by atoms with van der Waals surface area (Å²) in [6.07, 6.45) is 3.28. The minimum Gasteiger partial charge on any atom is -0.478 e. The van der Waals surface area contributed by atoms with Crippen molar-refractivity contribution in [3.63, 3.8) is 0 Å². The Labute approximate surface area is 89.0 Å². The maximum atomic E-state index is 11.7. The fourth-order valence-electron chi connectivity index (χ4n) is 1.20. The average molecular weight is 220 g/mol. The van der Waals surface area contributed by atoms with Gasteiger partial charge in [0.05, 0.1) is 0 Å². The van der Waals surface area contributed by atoms with E-state index in [0.717, 1.165) is 19.3 Å². The smallest absolute Gasteiger partial charge is 0.330 e. The quantitative estimate of drug-likeness (QED) is 0.501. The molecule has 0 aromatic rings. The van der Waals surface area contributed by atoms with Crippen LogP contribution in [0.4, 0.5) is 8.78 Å². The van der Waals surface area contributed by atoms with Crippen LogP contribution in [0.3, 0.4) is 0 Å². The first-order chi connectivity index (χ1) is 7.04. The molecule has 0 bridgehead atoms. The number of carboxylic acids is 1. The molecule has 4 heteroatoms. The first-order valence-electron chi connectivity index (χ1n) is 5.22. The third-order valence-electron chi connectivity index (χ3n) is 2.16. The Balaban J connectivity index is 3.32. The molecule has 0 rings (SSSR count). The summed E-state index contributed by atoms with van der Waals surface area (Å²) in [7, 11) is 0. The van der Waals surface area contributed by atoms with Gasteiger partial charge in [-0.05, 0) is 26.2 Å². The number of rotatable bonds is 8. The van der Waals surface area contributed by atoms with E-state index in [1.807, 2.05) is 0 Å². The fourth-order valence-corrected chi connectivity index (χ4v) is 1.20. The van der Waals surface area contributed by atoms with Crippen molar-refractivity contribution in [1.82, 2.24) is 0 Å². The third-order valence-corrected chi connectivity index (χ3v) is 2.16. The lowest BCUT2D eigenvalue weighted by molar-refractivity contribution is -0.132. The van der Waals surface area contributed by atoms with Gasteiger partial charge in [-0.15, -0.1) is 0 Å². The van der Waals surface area contributed by atoms with Crippen molar-refractivity contribution in [2.24, 2.45) is 0 Å². The summed E-state index contributed by atoms with van der Waals surface area (Å²) >= 11 is 0. The predicted molar refractivity (Wildman–Crippen MR) is 55.1 cm³/mol. The first-order valence-corrected chi connectivity index (χ1v) is 5.22. The van der Waals surface area contributed by atoms with E-state index in [4.69, 9.17) is 5.11 Å². The van der Waals surface area contributed by atoms with Crippen LogP contribution in [0, 0.1) is 0 Å². The Bertz CT molecular complexity index is 213. The Hall–Kier alpha value is -0.930. The van der Waals surface area contributed by atoms with Crippen molar-refractivity contribution < 1.29 is 18.7 Å². The number of unbranched alkanes of at least 4 members (excludes halogenated alkanes) is 4. The second-order valence-electron chi connectivity index (χ2n) is 3.57. The second-order valence-corrected chi connectivity index (χ2v) is 3.57. The van der Waals surface area contributed by atoms with Crippen molar-refractivity contribution in [2.45, 2.75) is 51.9 Å². The normalized spacial score (nSPS) is 12.1. The van der Waals surface area contributed by atoms with Gasteiger partial charge in [-0.3, -0.25) is 0 Å². The molecule has 0 saturated heterocycles. The van der Waals surface area contributed by atoms with Gasteiger partial charge < -0.3 is 5.11 Å². The first kappa shape index (κ1) is 14.1. The molecule has 0 saturated carbocycles. The summed E-state index contributed by atoms with van der Waals surface area (Å²) in [6, 6.07) is 0. The standard InChI is InChI=1S/C11H18F2O2/c1-9(11(14)15)7-5-3-2-4-6-8-10(12)13/h7,10H,2-6,8H2,1H3,(H,14,15). The highest BCUT2D eigenvalue weighted by Gasteiger charge is 2.01. The van der Waals surface area contributed by atoms with Gasteiger partial charge in [0, 0.05) is 12.0 Å². The van der Waals surface area contributed by atoms with Crippen LogP contribution in [-0.2, 0) is 4.79 Å². The number of hydrogen-bond donors (Lipinski definition) is 1. The minimum atomic E-state index is -2.20. The summed E-state index contributed by atoms with van der Waals surface area (Å²) in [5.41, 5.74) is 0.350. The number of allylic oxidation sites excluding steroid dienone is 1. The lowest BCUT2D eigenvalue weighted by atomic mass is 10.1. The molecule has 0 spiro atoms. The zero-order valence-corrected chi connectivity index (χ0v) is 9.01. The van der Waals surface area contributed by atoms with Gasteiger partial charge in [-0.2, -0.15) is 0 Å². The van der Waals surface area contributed by atoms with Gasteiger partial charge in [-0.1, -0.05) is 18.9 Å². The molecular weight excluding hydrogens is 202 g/mol. The summed E-state index contributed by atoms with van der Waals surface area (Å²) in [6.45, 7) is 1.55. The summed E-state index contributed by atoms with van der Waals surface area (Å²) in [5.74, 6) is -0.896. The highest BCUT2D eigenvalue weighted by atomic mass is 19.3. The van der Waals surface area contributed by atoms with E-state index in [1.54, 1.807) is 13.0 Å².